The summed E-state index contributed by atoms with van der Waals surface area (Å²) in [5, 5.41) is 11.7. The first-order valence-electron chi connectivity index (χ1n) is 10.2. The van der Waals surface area contributed by atoms with Crippen LogP contribution in [0.5, 0.6) is 11.5 Å². The summed E-state index contributed by atoms with van der Waals surface area (Å²) in [6.45, 7) is 1.17. The first-order valence-corrected chi connectivity index (χ1v) is 10.2. The van der Waals surface area contributed by atoms with Crippen molar-refractivity contribution in [3.8, 4) is 22.9 Å². The largest absolute Gasteiger partial charge is 0.454 e. The molecule has 3 heterocycles. The highest BCUT2D eigenvalue weighted by Crippen LogP contribution is 2.32. The third-order valence-electron chi connectivity index (χ3n) is 5.32. The van der Waals surface area contributed by atoms with Gasteiger partial charge in [-0.05, 0) is 48.7 Å². The molecule has 0 unspecified atom stereocenters. The summed E-state index contributed by atoms with van der Waals surface area (Å²) < 4.78 is 12.9. The zero-order chi connectivity index (χ0) is 20.3. The number of hydrogen-bond donors (Lipinski definition) is 1. The zero-order valence-corrected chi connectivity index (χ0v) is 16.5. The lowest BCUT2D eigenvalue weighted by Crippen LogP contribution is -2.08. The molecule has 2 aromatic carbocycles. The molecule has 30 heavy (non-hydrogen) atoms. The predicted molar refractivity (Wildman–Crippen MR) is 113 cm³/mol. The van der Waals surface area contributed by atoms with Crippen molar-refractivity contribution in [2.75, 3.05) is 12.1 Å². The molecule has 3 aromatic rings. The standard InChI is InChI=1S/C23H22N4O3/c28-22(11-9-16-8-10-19-20(13-16)30-15-29-19)24-18-6-4-5-17(14-18)23-26-25-21-7-2-1-3-12-27(21)23/h4-6,8-11,13-14H,1-3,7,12,15H2,(H,24,28)/b11-9+. The van der Waals surface area contributed by atoms with E-state index >= 15 is 0 Å². The van der Waals surface area contributed by atoms with Gasteiger partial charge in [-0.2, -0.15) is 0 Å². The van der Waals surface area contributed by atoms with Crippen LogP contribution in [-0.4, -0.2) is 27.5 Å². The van der Waals surface area contributed by atoms with E-state index in [9.17, 15) is 4.79 Å². The Kier molecular flexibility index (Phi) is 4.93. The van der Waals surface area contributed by atoms with Gasteiger partial charge in [-0.1, -0.05) is 24.6 Å². The highest BCUT2D eigenvalue weighted by Gasteiger charge is 2.16. The molecule has 0 atom stereocenters. The van der Waals surface area contributed by atoms with Crippen molar-refractivity contribution in [2.45, 2.75) is 32.2 Å². The lowest BCUT2D eigenvalue weighted by molar-refractivity contribution is -0.111. The highest BCUT2D eigenvalue weighted by molar-refractivity contribution is 6.02. The number of anilines is 1. The molecule has 0 bridgehead atoms. The van der Waals surface area contributed by atoms with Crippen molar-refractivity contribution in [1.82, 2.24) is 14.8 Å². The van der Waals surface area contributed by atoms with E-state index in [2.05, 4.69) is 20.1 Å². The summed E-state index contributed by atoms with van der Waals surface area (Å²) in [6.07, 6.45) is 7.73. The Bertz CT molecular complexity index is 1120. The molecule has 7 heteroatoms. The summed E-state index contributed by atoms with van der Waals surface area (Å²) in [4.78, 5) is 12.4. The van der Waals surface area contributed by atoms with Gasteiger partial charge in [-0.15, -0.1) is 10.2 Å². The monoisotopic (exact) mass is 402 g/mol. The Morgan fingerprint density at radius 3 is 2.93 bits per heavy atom. The number of rotatable bonds is 4. The van der Waals surface area contributed by atoms with Crippen LogP contribution in [0.4, 0.5) is 5.69 Å². The average molecular weight is 402 g/mol. The van der Waals surface area contributed by atoms with Gasteiger partial charge in [0.15, 0.2) is 17.3 Å². The predicted octanol–water partition coefficient (Wildman–Crippen LogP) is 4.05. The van der Waals surface area contributed by atoms with Crippen LogP contribution in [0.3, 0.4) is 0 Å². The Balaban J connectivity index is 1.30. The molecule has 7 nitrogen and oxygen atoms in total. The average Bonchev–Trinajstić information content (AvgIpc) is 3.33. The number of carbonyl (C=O) groups is 1. The van der Waals surface area contributed by atoms with Crippen LogP contribution in [0.15, 0.2) is 48.5 Å². The van der Waals surface area contributed by atoms with Crippen LogP contribution in [0, 0.1) is 0 Å². The Morgan fingerprint density at radius 2 is 1.97 bits per heavy atom. The molecule has 0 aliphatic carbocycles. The fraction of sp³-hybridized carbons (Fsp3) is 0.261. The lowest BCUT2D eigenvalue weighted by atomic mass is 10.1. The minimum absolute atomic E-state index is 0.204. The smallest absolute Gasteiger partial charge is 0.248 e. The fourth-order valence-corrected chi connectivity index (χ4v) is 3.81. The maximum absolute atomic E-state index is 12.4. The maximum atomic E-state index is 12.4. The van der Waals surface area contributed by atoms with E-state index in [-0.39, 0.29) is 12.7 Å². The van der Waals surface area contributed by atoms with E-state index in [0.717, 1.165) is 60.0 Å². The Labute approximate surface area is 174 Å². The van der Waals surface area contributed by atoms with Gasteiger partial charge in [0.05, 0.1) is 0 Å². The topological polar surface area (TPSA) is 78.3 Å². The maximum Gasteiger partial charge on any atom is 0.248 e. The second-order valence-electron chi connectivity index (χ2n) is 7.42. The number of aryl methyl sites for hydroxylation is 1. The van der Waals surface area contributed by atoms with E-state index in [1.165, 1.54) is 12.5 Å². The number of ether oxygens (including phenoxy) is 2. The van der Waals surface area contributed by atoms with Gasteiger partial charge in [-0.25, -0.2) is 0 Å². The van der Waals surface area contributed by atoms with Crippen molar-refractivity contribution < 1.29 is 14.3 Å². The second-order valence-corrected chi connectivity index (χ2v) is 7.42. The van der Waals surface area contributed by atoms with E-state index < -0.39 is 0 Å². The number of carbonyl (C=O) groups excluding carboxylic acids is 1. The van der Waals surface area contributed by atoms with E-state index in [4.69, 9.17) is 9.47 Å². The Hall–Kier alpha value is -3.61. The van der Waals surface area contributed by atoms with Gasteiger partial charge in [-0.3, -0.25) is 4.79 Å². The molecule has 2 aliphatic heterocycles. The number of hydrogen-bond acceptors (Lipinski definition) is 5. The zero-order valence-electron chi connectivity index (χ0n) is 16.5. The van der Waals surface area contributed by atoms with E-state index in [1.54, 1.807) is 6.08 Å². The van der Waals surface area contributed by atoms with Gasteiger partial charge in [0.1, 0.15) is 5.82 Å². The molecule has 1 aromatic heterocycles. The molecule has 0 saturated heterocycles. The molecule has 0 spiro atoms. The summed E-state index contributed by atoms with van der Waals surface area (Å²) in [6, 6.07) is 13.3. The number of amides is 1. The lowest BCUT2D eigenvalue weighted by Gasteiger charge is -2.09. The summed E-state index contributed by atoms with van der Waals surface area (Å²) in [5.74, 6) is 3.12. The molecule has 1 N–H and O–H groups in total. The molecule has 0 radical (unpaired) electrons. The molecule has 2 aliphatic rings. The normalized spacial score (nSPS) is 15.1. The first-order chi connectivity index (χ1) is 14.8. The van der Waals surface area contributed by atoms with Crippen molar-refractivity contribution in [3.05, 3.63) is 59.9 Å². The van der Waals surface area contributed by atoms with Gasteiger partial charge in [0.25, 0.3) is 0 Å². The molecule has 0 fully saturated rings. The first kappa shape index (κ1) is 18.4. The van der Waals surface area contributed by atoms with Crippen molar-refractivity contribution in [2.24, 2.45) is 0 Å². The van der Waals surface area contributed by atoms with Crippen LogP contribution in [0.25, 0.3) is 17.5 Å². The van der Waals surface area contributed by atoms with Gasteiger partial charge < -0.3 is 19.4 Å². The van der Waals surface area contributed by atoms with Crippen molar-refractivity contribution >= 4 is 17.7 Å². The molecule has 152 valence electrons. The minimum atomic E-state index is -0.204. The number of benzene rings is 2. The van der Waals surface area contributed by atoms with Crippen molar-refractivity contribution in [3.63, 3.8) is 0 Å². The molecule has 0 saturated carbocycles. The number of nitrogens with zero attached hydrogens (tertiary/aromatic N) is 3. The third kappa shape index (κ3) is 3.78. The van der Waals surface area contributed by atoms with Crippen LogP contribution >= 0.6 is 0 Å². The van der Waals surface area contributed by atoms with Crippen LogP contribution in [0.1, 0.15) is 30.7 Å². The van der Waals surface area contributed by atoms with E-state index in [0.29, 0.717) is 5.75 Å². The number of nitrogens with one attached hydrogen (secondary N) is 1. The van der Waals surface area contributed by atoms with Gasteiger partial charge in [0, 0.05) is 30.3 Å². The fourth-order valence-electron chi connectivity index (χ4n) is 3.81. The van der Waals surface area contributed by atoms with Crippen LogP contribution in [-0.2, 0) is 17.8 Å². The molecular weight excluding hydrogens is 380 g/mol. The van der Waals surface area contributed by atoms with Gasteiger partial charge >= 0.3 is 0 Å². The minimum Gasteiger partial charge on any atom is -0.454 e. The van der Waals surface area contributed by atoms with Crippen LogP contribution < -0.4 is 14.8 Å². The quantitative estimate of drug-likeness (QED) is 0.666. The van der Waals surface area contributed by atoms with Gasteiger partial charge in [0.2, 0.25) is 12.7 Å². The van der Waals surface area contributed by atoms with E-state index in [1.807, 2.05) is 42.5 Å². The van der Waals surface area contributed by atoms with Crippen LogP contribution in [0.2, 0.25) is 0 Å². The SMILES string of the molecule is O=C(/C=C/c1ccc2c(c1)OCO2)Nc1cccc(-c2nnc3n2CCCCC3)c1. The summed E-state index contributed by atoms with van der Waals surface area (Å²) in [5.41, 5.74) is 2.54. The summed E-state index contributed by atoms with van der Waals surface area (Å²) >= 11 is 0. The molecule has 5 rings (SSSR count). The molecular formula is C23H22N4O3. The van der Waals surface area contributed by atoms with Crippen molar-refractivity contribution in [1.29, 1.82) is 0 Å². The summed E-state index contributed by atoms with van der Waals surface area (Å²) in [7, 11) is 0. The second kappa shape index (κ2) is 8.02. The number of fused-ring (bicyclic) bond motifs is 2. The molecule has 1 amide bonds. The highest BCUT2D eigenvalue weighted by atomic mass is 16.7. The number of aromatic nitrogens is 3. The third-order valence-corrected chi connectivity index (χ3v) is 5.32. The Morgan fingerprint density at radius 1 is 1.03 bits per heavy atom.